The summed E-state index contributed by atoms with van der Waals surface area (Å²) < 4.78 is 35.1. The lowest BCUT2D eigenvalue weighted by Crippen LogP contribution is -2.41. The van der Waals surface area contributed by atoms with Crippen molar-refractivity contribution in [3.8, 4) is 0 Å². The van der Waals surface area contributed by atoms with Crippen LogP contribution in [0.4, 0.5) is 0 Å². The molecule has 0 aliphatic carbocycles. The van der Waals surface area contributed by atoms with Crippen LogP contribution in [0.1, 0.15) is 133 Å². The summed E-state index contributed by atoms with van der Waals surface area (Å²) >= 11 is 0. The minimum absolute atomic E-state index is 0.158. The first-order chi connectivity index (χ1) is 20.1. The summed E-state index contributed by atoms with van der Waals surface area (Å²) in [5.74, 6) is 0.408. The van der Waals surface area contributed by atoms with Crippen LogP contribution in [0, 0.1) is 0 Å². The maximum Gasteiger partial charge on any atom is 0.124 e. The maximum atomic E-state index is 11.4. The van der Waals surface area contributed by atoms with Crippen LogP contribution in [0.2, 0.25) is 0 Å². The van der Waals surface area contributed by atoms with Gasteiger partial charge < -0.3 is 9.04 Å². The molecule has 2 aromatic carbocycles. The zero-order chi connectivity index (χ0) is 30.8. The molecule has 0 saturated carbocycles. The molecule has 2 rings (SSSR count). The molecule has 236 valence electrons. The standard InChI is InChI=1S/C37H59NO3S/c1-6-8-10-12-14-15-17-21-34(27-24-33-25-28-35(29-26-33)42(39,40)41)37-23-19-18-22-36(37)32(3)31-38(4,5)30-20-16-13-11-9-7-2/h18-19,22-23,25-26,28-29,34H,3,6-17,20-21,24,27,30-31H2,1-2,4-5H3. The Morgan fingerprint density at radius 2 is 1.31 bits per heavy atom. The first kappa shape index (κ1) is 36.2. The van der Waals surface area contributed by atoms with Crippen molar-refractivity contribution in [2.45, 2.75) is 127 Å². The molecule has 1 unspecified atom stereocenters. The molecule has 0 aliphatic heterocycles. The topological polar surface area (TPSA) is 57.2 Å². The summed E-state index contributed by atoms with van der Waals surface area (Å²) in [7, 11) is 0.249. The van der Waals surface area contributed by atoms with Gasteiger partial charge in [0.15, 0.2) is 0 Å². The average molecular weight is 598 g/mol. The number of likely N-dealkylation sites (N-methyl/N-ethyl adjacent to an activating group) is 1. The van der Waals surface area contributed by atoms with Gasteiger partial charge in [0.05, 0.1) is 25.5 Å². The first-order valence-electron chi connectivity index (χ1n) is 16.7. The molecule has 0 spiro atoms. The molecule has 0 N–H and O–H groups in total. The number of nitrogens with zero attached hydrogens (tertiary/aromatic N) is 1. The lowest BCUT2D eigenvalue weighted by molar-refractivity contribution is -0.883. The van der Waals surface area contributed by atoms with E-state index in [1.165, 1.54) is 119 Å². The smallest absolute Gasteiger partial charge is 0.124 e. The van der Waals surface area contributed by atoms with Crippen molar-refractivity contribution in [1.82, 2.24) is 0 Å². The summed E-state index contributed by atoms with van der Waals surface area (Å²) in [4.78, 5) is -0.158. The van der Waals surface area contributed by atoms with Crippen molar-refractivity contribution in [3.05, 3.63) is 71.8 Å². The summed E-state index contributed by atoms with van der Waals surface area (Å²) in [5, 5.41) is 0. The summed E-state index contributed by atoms with van der Waals surface area (Å²) in [6.07, 6.45) is 19.9. The van der Waals surface area contributed by atoms with Crippen LogP contribution in [-0.2, 0) is 16.5 Å². The van der Waals surface area contributed by atoms with Gasteiger partial charge in [-0.1, -0.05) is 127 Å². The lowest BCUT2D eigenvalue weighted by atomic mass is 9.83. The molecule has 0 heterocycles. The molecule has 1 atom stereocenters. The monoisotopic (exact) mass is 597 g/mol. The molecular formula is C37H59NO3S. The fourth-order valence-electron chi connectivity index (χ4n) is 6.14. The molecule has 4 nitrogen and oxygen atoms in total. The molecule has 0 amide bonds. The van der Waals surface area contributed by atoms with Crippen LogP contribution in [0.25, 0.3) is 5.57 Å². The Labute approximate surface area is 259 Å². The largest absolute Gasteiger partial charge is 0.744 e. The van der Waals surface area contributed by atoms with E-state index in [4.69, 9.17) is 0 Å². The highest BCUT2D eigenvalue weighted by Gasteiger charge is 2.22. The molecule has 0 aromatic heterocycles. The highest BCUT2D eigenvalue weighted by atomic mass is 32.2. The van der Waals surface area contributed by atoms with Crippen molar-refractivity contribution < 1.29 is 17.5 Å². The summed E-state index contributed by atoms with van der Waals surface area (Å²) in [6, 6.07) is 15.3. The van der Waals surface area contributed by atoms with Crippen LogP contribution in [0.3, 0.4) is 0 Å². The number of quaternary nitrogens is 1. The minimum atomic E-state index is -4.42. The number of rotatable bonds is 23. The minimum Gasteiger partial charge on any atom is -0.744 e. The van der Waals surface area contributed by atoms with Gasteiger partial charge in [-0.2, -0.15) is 0 Å². The van der Waals surface area contributed by atoms with E-state index in [1.54, 1.807) is 12.1 Å². The van der Waals surface area contributed by atoms with E-state index < -0.39 is 10.1 Å². The SMILES string of the molecule is C=C(C[N+](C)(C)CCCCCCCC)c1ccccc1C(CCCCCCCCC)CCc1ccc(S(=O)(=O)[O-])cc1. The normalized spacial score (nSPS) is 12.9. The Hall–Kier alpha value is -1.95. The van der Waals surface area contributed by atoms with Gasteiger partial charge in [-0.15, -0.1) is 0 Å². The molecule has 0 aliphatic rings. The number of aryl methyl sites for hydroxylation is 1. The third-order valence-electron chi connectivity index (χ3n) is 8.67. The van der Waals surface area contributed by atoms with Crippen LogP contribution >= 0.6 is 0 Å². The third kappa shape index (κ3) is 14.0. The molecule has 0 radical (unpaired) electrons. The summed E-state index contributed by atoms with van der Waals surface area (Å²) in [5.41, 5.74) is 4.98. The van der Waals surface area contributed by atoms with E-state index in [0.717, 1.165) is 35.9 Å². The van der Waals surface area contributed by atoms with Crippen LogP contribution in [-0.4, -0.2) is 44.6 Å². The molecule has 0 saturated heterocycles. The number of benzene rings is 2. The van der Waals surface area contributed by atoms with Gasteiger partial charge in [0.25, 0.3) is 0 Å². The van der Waals surface area contributed by atoms with Gasteiger partial charge >= 0.3 is 0 Å². The number of unbranched alkanes of at least 4 members (excludes halogenated alkanes) is 11. The number of hydrogen-bond donors (Lipinski definition) is 0. The van der Waals surface area contributed by atoms with E-state index in [9.17, 15) is 13.0 Å². The van der Waals surface area contributed by atoms with Crippen LogP contribution in [0.15, 0.2) is 60.0 Å². The Bertz CT molecular complexity index is 1140. The lowest BCUT2D eigenvalue weighted by Gasteiger charge is -2.32. The van der Waals surface area contributed by atoms with Gasteiger partial charge in [-0.25, -0.2) is 8.42 Å². The third-order valence-corrected chi connectivity index (χ3v) is 9.52. The van der Waals surface area contributed by atoms with Crippen LogP contribution in [0.5, 0.6) is 0 Å². The van der Waals surface area contributed by atoms with Gasteiger partial charge in [-0.05, 0) is 66.8 Å². The maximum absolute atomic E-state index is 11.4. The molecule has 5 heteroatoms. The van der Waals surface area contributed by atoms with Gasteiger partial charge in [0.2, 0.25) is 0 Å². The molecule has 2 aromatic rings. The fourth-order valence-corrected chi connectivity index (χ4v) is 6.61. The van der Waals surface area contributed by atoms with E-state index in [0.29, 0.717) is 5.92 Å². The van der Waals surface area contributed by atoms with Gasteiger partial charge in [-0.3, -0.25) is 0 Å². The second kappa shape index (κ2) is 19.4. The quantitative estimate of drug-likeness (QED) is 0.0728. The van der Waals surface area contributed by atoms with Crippen molar-refractivity contribution >= 4 is 15.7 Å². The predicted molar refractivity (Wildman–Crippen MR) is 179 cm³/mol. The average Bonchev–Trinajstić information content (AvgIpc) is 2.95. The van der Waals surface area contributed by atoms with E-state index in [-0.39, 0.29) is 4.90 Å². The zero-order valence-electron chi connectivity index (χ0n) is 27.2. The molecule has 42 heavy (non-hydrogen) atoms. The fraction of sp³-hybridized carbons (Fsp3) is 0.622. The number of hydrogen-bond acceptors (Lipinski definition) is 3. The Morgan fingerprint density at radius 3 is 1.90 bits per heavy atom. The van der Waals surface area contributed by atoms with Crippen molar-refractivity contribution in [1.29, 1.82) is 0 Å². The highest BCUT2D eigenvalue weighted by molar-refractivity contribution is 7.85. The van der Waals surface area contributed by atoms with Crippen molar-refractivity contribution in [2.24, 2.45) is 0 Å². The zero-order valence-corrected chi connectivity index (χ0v) is 28.0. The van der Waals surface area contributed by atoms with Gasteiger partial charge in [0.1, 0.15) is 16.7 Å². The molecular weight excluding hydrogens is 538 g/mol. The Balaban J connectivity index is 2.11. The highest BCUT2D eigenvalue weighted by Crippen LogP contribution is 2.34. The van der Waals surface area contributed by atoms with Crippen molar-refractivity contribution in [2.75, 3.05) is 27.2 Å². The summed E-state index contributed by atoms with van der Waals surface area (Å²) in [6.45, 7) is 11.3. The van der Waals surface area contributed by atoms with E-state index >= 15 is 0 Å². The molecule has 0 bridgehead atoms. The van der Waals surface area contributed by atoms with Crippen molar-refractivity contribution in [3.63, 3.8) is 0 Å². The van der Waals surface area contributed by atoms with Crippen LogP contribution < -0.4 is 0 Å². The van der Waals surface area contributed by atoms with E-state index in [1.807, 2.05) is 0 Å². The Kier molecular flexibility index (Phi) is 16.7. The first-order valence-corrected chi connectivity index (χ1v) is 18.1. The Morgan fingerprint density at radius 1 is 0.762 bits per heavy atom. The molecule has 0 fully saturated rings. The second-order valence-corrected chi connectivity index (χ2v) is 14.4. The second-order valence-electron chi connectivity index (χ2n) is 13.0. The predicted octanol–water partition coefficient (Wildman–Crippen LogP) is 9.90. The van der Waals surface area contributed by atoms with E-state index in [2.05, 4.69) is 58.8 Å². The van der Waals surface area contributed by atoms with Gasteiger partial charge in [0, 0.05) is 5.57 Å².